The van der Waals surface area contributed by atoms with E-state index in [9.17, 15) is 9.18 Å². The summed E-state index contributed by atoms with van der Waals surface area (Å²) in [5, 5.41) is 0.731. The van der Waals surface area contributed by atoms with E-state index in [2.05, 4.69) is 28.0 Å². The molecule has 2 aliphatic rings. The van der Waals surface area contributed by atoms with Crippen LogP contribution in [-0.4, -0.2) is 79.1 Å². The summed E-state index contributed by atoms with van der Waals surface area (Å²) in [6, 6.07) is 18.4. The van der Waals surface area contributed by atoms with Crippen molar-refractivity contribution >= 4 is 23.2 Å². The fourth-order valence-electron chi connectivity index (χ4n) is 6.32. The van der Waals surface area contributed by atoms with E-state index in [1.54, 1.807) is 6.07 Å². The summed E-state index contributed by atoms with van der Waals surface area (Å²) in [4.78, 5) is 19.9. The molecule has 3 aromatic carbocycles. The molecule has 7 nitrogen and oxygen atoms in total. The topological polar surface area (TPSA) is 88.1 Å². The second kappa shape index (κ2) is 14.5. The van der Waals surface area contributed by atoms with Crippen molar-refractivity contribution < 1.29 is 13.9 Å². The van der Waals surface area contributed by atoms with Crippen molar-refractivity contribution in [2.45, 2.75) is 38.8 Å². The minimum absolute atomic E-state index is 0.0321. The number of anilines is 1. The first-order valence-electron chi connectivity index (χ1n) is 15.4. The molecule has 230 valence electrons. The van der Waals surface area contributed by atoms with Gasteiger partial charge in [0.25, 0.3) is 0 Å². The summed E-state index contributed by atoms with van der Waals surface area (Å²) in [6.45, 7) is 8.14. The molecule has 4 N–H and O–H groups in total. The van der Waals surface area contributed by atoms with Crippen LogP contribution in [0, 0.1) is 11.7 Å². The minimum Gasteiger partial charge on any atom is -0.493 e. The largest absolute Gasteiger partial charge is 0.493 e. The van der Waals surface area contributed by atoms with Gasteiger partial charge in [-0.15, -0.1) is 0 Å². The number of piperazine rings is 1. The number of amides is 1. The smallest absolute Gasteiger partial charge is 0.239 e. The number of benzene rings is 3. The highest BCUT2D eigenvalue weighted by atomic mass is 35.5. The van der Waals surface area contributed by atoms with E-state index < -0.39 is 6.04 Å². The lowest BCUT2D eigenvalue weighted by Crippen LogP contribution is -2.55. The number of rotatable bonds is 10. The molecule has 2 fully saturated rings. The van der Waals surface area contributed by atoms with Crippen molar-refractivity contribution in [3.05, 3.63) is 82.6 Å². The van der Waals surface area contributed by atoms with E-state index in [1.165, 1.54) is 11.6 Å². The first kappa shape index (κ1) is 31.3. The van der Waals surface area contributed by atoms with Crippen LogP contribution in [0.1, 0.15) is 30.9 Å². The zero-order valence-electron chi connectivity index (χ0n) is 25.0. The van der Waals surface area contributed by atoms with Crippen LogP contribution in [0.25, 0.3) is 11.1 Å². The molecule has 2 heterocycles. The summed E-state index contributed by atoms with van der Waals surface area (Å²) in [5.41, 5.74) is 17.4. The van der Waals surface area contributed by atoms with Crippen LogP contribution in [0.2, 0.25) is 5.02 Å². The number of piperidine rings is 1. The van der Waals surface area contributed by atoms with Crippen LogP contribution < -0.4 is 16.2 Å². The lowest BCUT2D eigenvalue weighted by molar-refractivity contribution is -0.136. The van der Waals surface area contributed by atoms with Gasteiger partial charge in [0.05, 0.1) is 12.6 Å². The van der Waals surface area contributed by atoms with Crippen molar-refractivity contribution in [3.63, 3.8) is 0 Å². The Morgan fingerprint density at radius 3 is 2.47 bits per heavy atom. The van der Waals surface area contributed by atoms with Gasteiger partial charge in [0.15, 0.2) is 0 Å². The highest BCUT2D eigenvalue weighted by Gasteiger charge is 2.33. The molecule has 2 aliphatic heterocycles. The number of nitrogens with zero attached hydrogens (tertiary/aromatic N) is 3. The Labute approximate surface area is 259 Å². The van der Waals surface area contributed by atoms with E-state index in [1.807, 2.05) is 42.2 Å². The van der Waals surface area contributed by atoms with Gasteiger partial charge in [-0.05, 0) is 98.3 Å². The van der Waals surface area contributed by atoms with E-state index in [4.69, 9.17) is 27.8 Å². The molecule has 5 rings (SSSR count). The van der Waals surface area contributed by atoms with Gasteiger partial charge in [-0.1, -0.05) is 35.9 Å². The predicted octanol–water partition coefficient (Wildman–Crippen LogP) is 5.05. The number of likely N-dealkylation sites (tertiary alicyclic amines) is 1. The monoisotopic (exact) mass is 607 g/mol. The molecule has 9 heteroatoms. The van der Waals surface area contributed by atoms with Gasteiger partial charge in [0, 0.05) is 55.5 Å². The van der Waals surface area contributed by atoms with Gasteiger partial charge in [-0.2, -0.15) is 0 Å². The van der Waals surface area contributed by atoms with Crippen molar-refractivity contribution in [1.29, 1.82) is 0 Å². The molecular formula is C34H43ClFN5O2. The third-order valence-electron chi connectivity index (χ3n) is 8.83. The van der Waals surface area contributed by atoms with Crippen LogP contribution in [0.3, 0.4) is 0 Å². The maximum atomic E-state index is 14.5. The van der Waals surface area contributed by atoms with Gasteiger partial charge in [0.1, 0.15) is 11.6 Å². The summed E-state index contributed by atoms with van der Waals surface area (Å²) in [7, 11) is 0. The molecule has 2 saturated heterocycles. The number of ether oxygens (including phenoxy) is 1. The lowest BCUT2D eigenvalue weighted by atomic mass is 9.88. The number of hydrogen-bond acceptors (Lipinski definition) is 6. The van der Waals surface area contributed by atoms with E-state index in [-0.39, 0.29) is 17.6 Å². The Balaban J connectivity index is 1.09. The Morgan fingerprint density at radius 2 is 1.74 bits per heavy atom. The molecule has 1 atom stereocenters. The van der Waals surface area contributed by atoms with Gasteiger partial charge < -0.3 is 26.0 Å². The molecule has 1 amide bonds. The van der Waals surface area contributed by atoms with Crippen molar-refractivity contribution in [2.24, 2.45) is 11.7 Å². The summed E-state index contributed by atoms with van der Waals surface area (Å²) in [6.07, 6.45) is 2.68. The lowest BCUT2D eigenvalue weighted by Gasteiger charge is -2.39. The van der Waals surface area contributed by atoms with Gasteiger partial charge in [-0.3, -0.25) is 9.69 Å². The summed E-state index contributed by atoms with van der Waals surface area (Å²) < 4.78 is 20.2. The van der Waals surface area contributed by atoms with Crippen LogP contribution in [-0.2, 0) is 17.8 Å². The van der Waals surface area contributed by atoms with Crippen molar-refractivity contribution in [1.82, 2.24) is 14.7 Å². The molecule has 0 radical (unpaired) electrons. The zero-order valence-corrected chi connectivity index (χ0v) is 25.7. The molecule has 0 saturated carbocycles. The average molecular weight is 608 g/mol. The maximum Gasteiger partial charge on any atom is 0.239 e. The summed E-state index contributed by atoms with van der Waals surface area (Å²) >= 11 is 6.36. The Bertz CT molecular complexity index is 1390. The van der Waals surface area contributed by atoms with Gasteiger partial charge in [0.2, 0.25) is 5.91 Å². The van der Waals surface area contributed by atoms with Crippen LogP contribution in [0.15, 0.2) is 60.7 Å². The van der Waals surface area contributed by atoms with E-state index >= 15 is 0 Å². The highest BCUT2D eigenvalue weighted by Crippen LogP contribution is 2.29. The van der Waals surface area contributed by atoms with Crippen molar-refractivity contribution in [2.75, 3.05) is 58.2 Å². The van der Waals surface area contributed by atoms with Crippen LogP contribution in [0.5, 0.6) is 5.75 Å². The number of nitrogen functional groups attached to an aromatic ring is 1. The fourth-order valence-corrected chi connectivity index (χ4v) is 6.51. The molecule has 0 bridgehead atoms. The second-order valence-electron chi connectivity index (χ2n) is 11.6. The molecule has 0 unspecified atom stereocenters. The molecule has 0 aromatic heterocycles. The average Bonchev–Trinajstić information content (AvgIpc) is 3.02. The summed E-state index contributed by atoms with van der Waals surface area (Å²) in [5.74, 6) is 0.531. The normalized spacial score (nSPS) is 17.6. The van der Waals surface area contributed by atoms with Crippen LogP contribution >= 0.6 is 11.6 Å². The molecule has 3 aromatic rings. The van der Waals surface area contributed by atoms with Crippen LogP contribution in [0.4, 0.5) is 10.1 Å². The number of nitrogens with two attached hydrogens (primary N) is 2. The Hall–Kier alpha value is -3.17. The molecule has 43 heavy (non-hydrogen) atoms. The first-order valence-corrected chi connectivity index (χ1v) is 15.7. The maximum absolute atomic E-state index is 14.5. The number of carbonyl (C=O) groups is 1. The van der Waals surface area contributed by atoms with E-state index in [0.29, 0.717) is 50.6 Å². The number of carbonyl (C=O) groups excluding carboxylic acids is 1. The number of halogens is 2. The van der Waals surface area contributed by atoms with Crippen molar-refractivity contribution in [3.8, 4) is 16.9 Å². The van der Waals surface area contributed by atoms with Gasteiger partial charge in [-0.25, -0.2) is 4.39 Å². The SMILES string of the molecule is CCOc1cccc(F)c1CN1CCN(C(=O)[C@H](N)C2CCN(CCc3cc(Cl)ccc3-c3cccc(N)c3)CC2)CC1. The minimum atomic E-state index is -0.493. The quantitative estimate of drug-likeness (QED) is 0.314. The standard InChI is InChI=1S/C34H43ClFN5O2/c1-2-43-32-8-4-7-31(36)30(32)23-40-17-19-41(20-18-40)34(42)33(38)24-11-14-39(15-12-24)16-13-26-21-27(35)9-10-29(26)25-5-3-6-28(37)22-25/h3-10,21-22,24,33H,2,11-20,23,37-38H2,1H3/t33-/m1/s1. The highest BCUT2D eigenvalue weighted by molar-refractivity contribution is 6.30. The molecule has 0 aliphatic carbocycles. The number of hydrogen-bond donors (Lipinski definition) is 2. The third-order valence-corrected chi connectivity index (χ3v) is 9.06. The molecule has 0 spiro atoms. The zero-order chi connectivity index (χ0) is 30.3. The third kappa shape index (κ3) is 7.87. The fraction of sp³-hybridized carbons (Fsp3) is 0.441. The second-order valence-corrected chi connectivity index (χ2v) is 12.1. The Kier molecular flexibility index (Phi) is 10.6. The molecular weight excluding hydrogens is 565 g/mol. The first-order chi connectivity index (χ1) is 20.8. The predicted molar refractivity (Wildman–Crippen MR) is 172 cm³/mol. The Morgan fingerprint density at radius 1 is 1.00 bits per heavy atom. The van der Waals surface area contributed by atoms with E-state index in [0.717, 1.165) is 60.7 Å². The van der Waals surface area contributed by atoms with Gasteiger partial charge >= 0.3 is 0 Å².